The normalized spacial score (nSPS) is 11.0. The van der Waals surface area contributed by atoms with Crippen LogP contribution in [0, 0.1) is 18.6 Å². The SMILES string of the molecule is CCCOc1cc(C=NNc2nc(C)cs2)cc(F)c1F. The Bertz CT molecular complexity index is 643. The van der Waals surface area contributed by atoms with Gasteiger partial charge in [-0.15, -0.1) is 11.3 Å². The Labute approximate surface area is 125 Å². The van der Waals surface area contributed by atoms with Crippen LogP contribution in [0.2, 0.25) is 0 Å². The summed E-state index contributed by atoms with van der Waals surface area (Å²) in [5.74, 6) is -2.05. The van der Waals surface area contributed by atoms with Crippen molar-refractivity contribution in [1.82, 2.24) is 4.98 Å². The van der Waals surface area contributed by atoms with Gasteiger partial charge in [0.05, 0.1) is 18.5 Å². The molecule has 2 aromatic rings. The summed E-state index contributed by atoms with van der Waals surface area (Å²) in [6.07, 6.45) is 2.10. The zero-order valence-corrected chi connectivity index (χ0v) is 12.5. The van der Waals surface area contributed by atoms with Gasteiger partial charge < -0.3 is 4.74 Å². The average Bonchev–Trinajstić information content (AvgIpc) is 2.86. The van der Waals surface area contributed by atoms with E-state index in [0.717, 1.165) is 11.8 Å². The number of hydrazone groups is 1. The molecule has 0 radical (unpaired) electrons. The van der Waals surface area contributed by atoms with Crippen LogP contribution in [0.15, 0.2) is 22.6 Å². The molecule has 112 valence electrons. The number of nitrogens with zero attached hydrogens (tertiary/aromatic N) is 2. The van der Waals surface area contributed by atoms with Crippen molar-refractivity contribution in [1.29, 1.82) is 0 Å². The van der Waals surface area contributed by atoms with Gasteiger partial charge in [0, 0.05) is 10.9 Å². The third-order valence-corrected chi connectivity index (χ3v) is 3.34. The van der Waals surface area contributed by atoms with Gasteiger partial charge in [0.25, 0.3) is 0 Å². The van der Waals surface area contributed by atoms with Gasteiger partial charge in [0.2, 0.25) is 10.9 Å². The molecule has 0 unspecified atom stereocenters. The van der Waals surface area contributed by atoms with Gasteiger partial charge in [-0.2, -0.15) is 9.49 Å². The number of halogens is 2. The van der Waals surface area contributed by atoms with Crippen molar-refractivity contribution in [3.63, 3.8) is 0 Å². The molecule has 0 fully saturated rings. The molecule has 1 N–H and O–H groups in total. The molecular formula is C14H15F2N3OS. The zero-order chi connectivity index (χ0) is 15.2. The number of hydrogen-bond acceptors (Lipinski definition) is 5. The molecule has 0 aliphatic rings. The average molecular weight is 311 g/mol. The number of benzene rings is 1. The minimum Gasteiger partial charge on any atom is -0.490 e. The Kier molecular flexibility index (Phi) is 5.21. The smallest absolute Gasteiger partial charge is 0.203 e. The molecule has 0 amide bonds. The molecule has 0 aliphatic heterocycles. The second-order valence-corrected chi connectivity index (χ2v) is 5.19. The maximum absolute atomic E-state index is 13.5. The van der Waals surface area contributed by atoms with Crippen molar-refractivity contribution >= 4 is 22.7 Å². The lowest BCUT2D eigenvalue weighted by Crippen LogP contribution is -2.01. The first-order valence-corrected chi connectivity index (χ1v) is 7.31. The standard InChI is InChI=1S/C14H15F2N3OS/c1-3-4-20-12-6-10(5-11(15)13(12)16)7-17-19-14-18-9(2)8-21-14/h5-8H,3-4H2,1-2H3,(H,18,19). The predicted octanol–water partition coefficient (Wildman–Crippen LogP) is 3.96. The van der Waals surface area contributed by atoms with Crippen molar-refractivity contribution in [2.24, 2.45) is 5.10 Å². The van der Waals surface area contributed by atoms with Gasteiger partial charge in [-0.05, 0) is 25.5 Å². The highest BCUT2D eigenvalue weighted by molar-refractivity contribution is 7.13. The largest absolute Gasteiger partial charge is 0.490 e. The summed E-state index contributed by atoms with van der Waals surface area (Å²) in [5.41, 5.74) is 4.02. The number of thiazole rings is 1. The Morgan fingerprint density at radius 3 is 2.90 bits per heavy atom. The van der Waals surface area contributed by atoms with Crippen molar-refractivity contribution in [3.8, 4) is 5.75 Å². The molecule has 2 rings (SSSR count). The summed E-state index contributed by atoms with van der Waals surface area (Å²) >= 11 is 1.41. The summed E-state index contributed by atoms with van der Waals surface area (Å²) in [5, 5.41) is 6.46. The molecule has 1 aromatic carbocycles. The van der Waals surface area contributed by atoms with Crippen LogP contribution in [0.5, 0.6) is 5.75 Å². The van der Waals surface area contributed by atoms with Gasteiger partial charge in [-0.3, -0.25) is 5.43 Å². The lowest BCUT2D eigenvalue weighted by molar-refractivity contribution is 0.295. The minimum absolute atomic E-state index is 0.108. The second-order valence-electron chi connectivity index (χ2n) is 4.33. The van der Waals surface area contributed by atoms with Crippen LogP contribution in [0.1, 0.15) is 24.6 Å². The van der Waals surface area contributed by atoms with E-state index in [1.54, 1.807) is 0 Å². The molecule has 0 aliphatic carbocycles. The molecule has 0 atom stereocenters. The summed E-state index contributed by atoms with van der Waals surface area (Å²) < 4.78 is 32.2. The number of rotatable bonds is 6. The molecule has 0 spiro atoms. The molecule has 0 saturated heterocycles. The van der Waals surface area contributed by atoms with Crippen LogP contribution < -0.4 is 10.2 Å². The fourth-order valence-corrected chi connectivity index (χ4v) is 2.18. The lowest BCUT2D eigenvalue weighted by atomic mass is 10.2. The molecule has 4 nitrogen and oxygen atoms in total. The molecule has 0 saturated carbocycles. The number of aryl methyl sites for hydroxylation is 1. The molecule has 7 heteroatoms. The van der Waals surface area contributed by atoms with Gasteiger partial charge in [0.1, 0.15) is 0 Å². The minimum atomic E-state index is -0.982. The first-order valence-electron chi connectivity index (χ1n) is 6.43. The van der Waals surface area contributed by atoms with E-state index < -0.39 is 11.6 Å². The molecule has 1 aromatic heterocycles. The van der Waals surface area contributed by atoms with Crippen LogP contribution in [0.25, 0.3) is 0 Å². The van der Waals surface area contributed by atoms with E-state index in [1.807, 2.05) is 19.2 Å². The molecule has 0 bridgehead atoms. The maximum Gasteiger partial charge on any atom is 0.203 e. The number of hydrogen-bond donors (Lipinski definition) is 1. The van der Waals surface area contributed by atoms with E-state index in [0.29, 0.717) is 23.7 Å². The quantitative estimate of drug-likeness (QED) is 0.649. The van der Waals surface area contributed by atoms with Gasteiger partial charge in [-0.25, -0.2) is 9.37 Å². The highest BCUT2D eigenvalue weighted by Crippen LogP contribution is 2.22. The Morgan fingerprint density at radius 1 is 1.43 bits per heavy atom. The first-order chi connectivity index (χ1) is 10.1. The van der Waals surface area contributed by atoms with Crippen LogP contribution >= 0.6 is 11.3 Å². The fourth-order valence-electron chi connectivity index (χ4n) is 1.54. The number of anilines is 1. The summed E-state index contributed by atoms with van der Waals surface area (Å²) in [6.45, 7) is 4.09. The number of aromatic nitrogens is 1. The summed E-state index contributed by atoms with van der Waals surface area (Å²) in [6, 6.07) is 2.47. The van der Waals surface area contributed by atoms with Crippen LogP contribution in [-0.2, 0) is 0 Å². The van der Waals surface area contributed by atoms with Gasteiger partial charge in [-0.1, -0.05) is 6.92 Å². The van der Waals surface area contributed by atoms with E-state index in [1.165, 1.54) is 23.6 Å². The Hall–Kier alpha value is -2.02. The highest BCUT2D eigenvalue weighted by atomic mass is 32.1. The van der Waals surface area contributed by atoms with Crippen molar-refractivity contribution < 1.29 is 13.5 Å². The summed E-state index contributed by atoms with van der Waals surface area (Å²) in [7, 11) is 0. The number of nitrogens with one attached hydrogen (secondary N) is 1. The topological polar surface area (TPSA) is 46.5 Å². The molecule has 1 heterocycles. The molecular weight excluding hydrogens is 296 g/mol. The van der Waals surface area contributed by atoms with Crippen LogP contribution in [0.4, 0.5) is 13.9 Å². The van der Waals surface area contributed by atoms with E-state index in [9.17, 15) is 8.78 Å². The monoisotopic (exact) mass is 311 g/mol. The Balaban J connectivity index is 2.10. The molecule has 21 heavy (non-hydrogen) atoms. The first kappa shape index (κ1) is 15.4. The third-order valence-electron chi connectivity index (χ3n) is 2.47. The van der Waals surface area contributed by atoms with E-state index in [4.69, 9.17) is 4.74 Å². The number of ether oxygens (including phenoxy) is 1. The predicted molar refractivity (Wildman–Crippen MR) is 80.2 cm³/mol. The second kappa shape index (κ2) is 7.12. The summed E-state index contributed by atoms with van der Waals surface area (Å²) in [4.78, 5) is 4.17. The highest BCUT2D eigenvalue weighted by Gasteiger charge is 2.11. The fraction of sp³-hybridized carbons (Fsp3) is 0.286. The van der Waals surface area contributed by atoms with Crippen LogP contribution in [-0.4, -0.2) is 17.8 Å². The van der Waals surface area contributed by atoms with E-state index in [-0.39, 0.29) is 5.75 Å². The van der Waals surface area contributed by atoms with E-state index >= 15 is 0 Å². The third kappa shape index (κ3) is 4.22. The maximum atomic E-state index is 13.5. The van der Waals surface area contributed by atoms with Crippen molar-refractivity contribution in [2.75, 3.05) is 12.0 Å². The lowest BCUT2D eigenvalue weighted by Gasteiger charge is -2.07. The van der Waals surface area contributed by atoms with E-state index in [2.05, 4.69) is 15.5 Å². The van der Waals surface area contributed by atoms with Crippen molar-refractivity contribution in [2.45, 2.75) is 20.3 Å². The van der Waals surface area contributed by atoms with Gasteiger partial charge >= 0.3 is 0 Å². The van der Waals surface area contributed by atoms with Crippen LogP contribution in [0.3, 0.4) is 0 Å². The van der Waals surface area contributed by atoms with Crippen molar-refractivity contribution in [3.05, 3.63) is 40.4 Å². The van der Waals surface area contributed by atoms with Gasteiger partial charge in [0.15, 0.2) is 11.6 Å². The zero-order valence-electron chi connectivity index (χ0n) is 11.7. The Morgan fingerprint density at radius 2 is 2.24 bits per heavy atom.